The maximum atomic E-state index is 11.5. The van der Waals surface area contributed by atoms with E-state index in [2.05, 4.69) is 6.58 Å². The molecule has 0 bridgehead atoms. The normalized spacial score (nSPS) is 19.0. The molecule has 2 amide bonds. The number of nitrogens with zero attached hydrogens (tertiary/aromatic N) is 1. The van der Waals surface area contributed by atoms with E-state index in [9.17, 15) is 9.59 Å². The Labute approximate surface area is 76.7 Å². The second-order valence-corrected chi connectivity index (χ2v) is 3.09. The molecule has 13 heavy (non-hydrogen) atoms. The van der Waals surface area contributed by atoms with Crippen molar-refractivity contribution >= 4 is 11.8 Å². The van der Waals surface area contributed by atoms with E-state index >= 15 is 0 Å². The van der Waals surface area contributed by atoms with Gasteiger partial charge in [-0.15, -0.1) is 0 Å². The molecule has 1 aliphatic rings. The van der Waals surface area contributed by atoms with Crippen LogP contribution >= 0.6 is 0 Å². The van der Waals surface area contributed by atoms with E-state index in [1.165, 1.54) is 6.08 Å². The van der Waals surface area contributed by atoms with Crippen LogP contribution in [0.2, 0.25) is 0 Å². The van der Waals surface area contributed by atoms with E-state index in [4.69, 9.17) is 5.73 Å². The molecule has 1 atom stereocenters. The first-order valence-electron chi connectivity index (χ1n) is 3.96. The number of hydrogen-bond donors (Lipinski definition) is 1. The van der Waals surface area contributed by atoms with Gasteiger partial charge in [0.1, 0.15) is 0 Å². The monoisotopic (exact) mass is 180 g/mol. The average Bonchev–Trinajstić information content (AvgIpc) is 2.26. The number of imide groups is 1. The molecular weight excluding hydrogens is 168 g/mol. The highest BCUT2D eigenvalue weighted by atomic mass is 16.2. The molecule has 0 aromatic rings. The van der Waals surface area contributed by atoms with Crippen molar-refractivity contribution in [1.82, 2.24) is 4.90 Å². The highest BCUT2D eigenvalue weighted by Crippen LogP contribution is 2.19. The van der Waals surface area contributed by atoms with Gasteiger partial charge in [0.05, 0.1) is 6.17 Å². The summed E-state index contributed by atoms with van der Waals surface area (Å²) >= 11 is 0. The van der Waals surface area contributed by atoms with Gasteiger partial charge in [-0.1, -0.05) is 6.58 Å². The molecule has 70 valence electrons. The maximum absolute atomic E-state index is 11.5. The zero-order chi connectivity index (χ0) is 10.2. The van der Waals surface area contributed by atoms with Crippen molar-refractivity contribution in [3.63, 3.8) is 0 Å². The van der Waals surface area contributed by atoms with Crippen LogP contribution in [0.15, 0.2) is 23.8 Å². The third-order valence-corrected chi connectivity index (χ3v) is 1.82. The third-order valence-electron chi connectivity index (χ3n) is 1.82. The van der Waals surface area contributed by atoms with Crippen molar-refractivity contribution in [2.45, 2.75) is 20.0 Å². The lowest BCUT2D eigenvalue weighted by atomic mass is 10.1. The van der Waals surface area contributed by atoms with Crippen LogP contribution in [0.25, 0.3) is 0 Å². The SMILES string of the molecule is C=C(C)C1=CC(=O)N(C(C)N)C1=O. The Morgan fingerprint density at radius 1 is 1.62 bits per heavy atom. The molecule has 0 fully saturated rings. The lowest BCUT2D eigenvalue weighted by molar-refractivity contribution is -0.139. The largest absolute Gasteiger partial charge is 0.311 e. The zero-order valence-electron chi connectivity index (χ0n) is 7.70. The van der Waals surface area contributed by atoms with Crippen LogP contribution in [-0.2, 0) is 9.59 Å². The van der Waals surface area contributed by atoms with Gasteiger partial charge < -0.3 is 5.73 Å². The molecule has 0 spiro atoms. The molecular formula is C9H12N2O2. The Bertz CT molecular complexity index is 316. The lowest BCUT2D eigenvalue weighted by Gasteiger charge is -2.18. The van der Waals surface area contributed by atoms with Gasteiger partial charge in [0.15, 0.2) is 0 Å². The summed E-state index contributed by atoms with van der Waals surface area (Å²) in [7, 11) is 0. The first-order chi connectivity index (χ1) is 5.95. The smallest absolute Gasteiger partial charge is 0.262 e. The maximum Gasteiger partial charge on any atom is 0.262 e. The van der Waals surface area contributed by atoms with E-state index in [1.807, 2.05) is 0 Å². The minimum atomic E-state index is -0.590. The van der Waals surface area contributed by atoms with Crippen LogP contribution in [0.1, 0.15) is 13.8 Å². The molecule has 1 unspecified atom stereocenters. The zero-order valence-corrected chi connectivity index (χ0v) is 7.70. The second kappa shape index (κ2) is 3.14. The molecule has 0 aromatic carbocycles. The van der Waals surface area contributed by atoms with Crippen molar-refractivity contribution < 1.29 is 9.59 Å². The molecule has 2 N–H and O–H groups in total. The standard InChI is InChI=1S/C9H12N2O2/c1-5(2)7-4-8(12)11(6(3)10)9(7)13/h4,6H,1,10H2,2-3H3. The van der Waals surface area contributed by atoms with E-state index in [0.29, 0.717) is 11.1 Å². The number of nitrogens with two attached hydrogens (primary N) is 1. The van der Waals surface area contributed by atoms with E-state index in [0.717, 1.165) is 4.90 Å². The first kappa shape index (κ1) is 9.67. The van der Waals surface area contributed by atoms with Gasteiger partial charge in [-0.05, 0) is 19.4 Å². The molecule has 1 aliphatic heterocycles. The lowest BCUT2D eigenvalue weighted by Crippen LogP contribution is -2.44. The summed E-state index contributed by atoms with van der Waals surface area (Å²) < 4.78 is 0. The first-order valence-corrected chi connectivity index (χ1v) is 3.96. The Morgan fingerprint density at radius 2 is 2.15 bits per heavy atom. The summed E-state index contributed by atoms with van der Waals surface area (Å²) in [5.74, 6) is -0.717. The summed E-state index contributed by atoms with van der Waals surface area (Å²) in [5.41, 5.74) is 6.40. The minimum absolute atomic E-state index is 0.349. The number of amides is 2. The predicted octanol–water partition coefficient (Wildman–Crippen LogP) is 0.162. The Kier molecular flexibility index (Phi) is 2.34. The van der Waals surface area contributed by atoms with Crippen molar-refractivity contribution in [3.8, 4) is 0 Å². The van der Waals surface area contributed by atoms with E-state index < -0.39 is 6.17 Å². The summed E-state index contributed by atoms with van der Waals surface area (Å²) in [6.07, 6.45) is 0.682. The molecule has 0 saturated heterocycles. The Hall–Kier alpha value is -1.42. The van der Waals surface area contributed by atoms with Crippen molar-refractivity contribution in [1.29, 1.82) is 0 Å². The average molecular weight is 180 g/mol. The van der Waals surface area contributed by atoms with Crippen molar-refractivity contribution in [2.24, 2.45) is 5.73 Å². The van der Waals surface area contributed by atoms with Crippen molar-refractivity contribution in [2.75, 3.05) is 0 Å². The van der Waals surface area contributed by atoms with Crippen LogP contribution in [0.5, 0.6) is 0 Å². The molecule has 4 nitrogen and oxygen atoms in total. The molecule has 0 radical (unpaired) electrons. The molecule has 4 heteroatoms. The predicted molar refractivity (Wildman–Crippen MR) is 48.4 cm³/mol. The van der Waals surface area contributed by atoms with Gasteiger partial charge in [-0.25, -0.2) is 0 Å². The molecule has 0 aromatic heterocycles. The number of hydrogen-bond acceptors (Lipinski definition) is 3. The number of rotatable bonds is 2. The molecule has 1 rings (SSSR count). The fourth-order valence-electron chi connectivity index (χ4n) is 1.18. The van der Waals surface area contributed by atoms with Crippen LogP contribution in [0, 0.1) is 0 Å². The summed E-state index contributed by atoms with van der Waals surface area (Å²) in [4.78, 5) is 23.8. The molecule has 1 heterocycles. The van der Waals surface area contributed by atoms with E-state index in [1.54, 1.807) is 13.8 Å². The van der Waals surface area contributed by atoms with Crippen LogP contribution < -0.4 is 5.73 Å². The summed E-state index contributed by atoms with van der Waals surface area (Å²) in [6, 6.07) is 0. The van der Waals surface area contributed by atoms with Gasteiger partial charge in [-0.3, -0.25) is 14.5 Å². The van der Waals surface area contributed by atoms with Crippen molar-refractivity contribution in [3.05, 3.63) is 23.8 Å². The number of carbonyl (C=O) groups excluding carboxylic acids is 2. The van der Waals surface area contributed by atoms with Crippen LogP contribution in [0.3, 0.4) is 0 Å². The van der Waals surface area contributed by atoms with Gasteiger partial charge in [0.2, 0.25) is 0 Å². The van der Waals surface area contributed by atoms with E-state index in [-0.39, 0.29) is 11.8 Å². The Balaban J connectivity index is 2.99. The van der Waals surface area contributed by atoms with Crippen LogP contribution in [-0.4, -0.2) is 22.9 Å². The topological polar surface area (TPSA) is 63.4 Å². The van der Waals surface area contributed by atoms with Gasteiger partial charge >= 0.3 is 0 Å². The van der Waals surface area contributed by atoms with Crippen LogP contribution in [0.4, 0.5) is 0 Å². The summed E-state index contributed by atoms with van der Waals surface area (Å²) in [5, 5.41) is 0. The minimum Gasteiger partial charge on any atom is -0.311 e. The number of carbonyl (C=O) groups is 2. The third kappa shape index (κ3) is 1.53. The Morgan fingerprint density at radius 3 is 2.38 bits per heavy atom. The highest BCUT2D eigenvalue weighted by Gasteiger charge is 2.33. The van der Waals surface area contributed by atoms with Gasteiger partial charge in [-0.2, -0.15) is 0 Å². The highest BCUT2D eigenvalue weighted by molar-refractivity contribution is 6.18. The van der Waals surface area contributed by atoms with Gasteiger partial charge in [0.25, 0.3) is 11.8 Å². The fraction of sp³-hybridized carbons (Fsp3) is 0.333. The fourth-order valence-corrected chi connectivity index (χ4v) is 1.18. The molecule has 0 saturated carbocycles. The van der Waals surface area contributed by atoms with Gasteiger partial charge in [0, 0.05) is 11.6 Å². The second-order valence-electron chi connectivity index (χ2n) is 3.09. The molecule has 0 aliphatic carbocycles. The summed E-state index contributed by atoms with van der Waals surface area (Å²) in [6.45, 7) is 6.88. The quantitative estimate of drug-likeness (QED) is 0.616.